The Labute approximate surface area is 132 Å². The van der Waals surface area contributed by atoms with Crippen molar-refractivity contribution >= 4 is 16.8 Å². The van der Waals surface area contributed by atoms with Gasteiger partial charge >= 0.3 is 5.82 Å². The Hall–Kier alpha value is -3.15. The standard InChI is InChI=1S/C17H13N3O3/c1-11-18-14-8-16-15(22-10-23-16)7-13(14)9-20(11)19-17(21)12-5-3-2-4-6-12/h2-9H,10H2,1H3/p+1. The Morgan fingerprint density at radius 3 is 2.70 bits per heavy atom. The molecule has 1 aliphatic heterocycles. The molecule has 0 spiro atoms. The van der Waals surface area contributed by atoms with Crippen LogP contribution in [0, 0.1) is 6.92 Å². The molecule has 0 saturated heterocycles. The van der Waals surface area contributed by atoms with Crippen molar-refractivity contribution in [2.24, 2.45) is 0 Å². The third kappa shape index (κ3) is 2.44. The minimum absolute atomic E-state index is 0.194. The fraction of sp³-hybridized carbons (Fsp3) is 0.118. The van der Waals surface area contributed by atoms with Crippen molar-refractivity contribution in [1.82, 2.24) is 4.98 Å². The van der Waals surface area contributed by atoms with Crippen molar-refractivity contribution in [3.8, 4) is 11.5 Å². The van der Waals surface area contributed by atoms with Crippen molar-refractivity contribution in [2.75, 3.05) is 12.2 Å². The van der Waals surface area contributed by atoms with Gasteiger partial charge in [-0.15, -0.1) is 4.68 Å². The first kappa shape index (κ1) is 13.5. The van der Waals surface area contributed by atoms with E-state index >= 15 is 0 Å². The molecule has 0 atom stereocenters. The smallest absolute Gasteiger partial charge is 0.319 e. The molecule has 3 aromatic rings. The van der Waals surface area contributed by atoms with Gasteiger partial charge in [0, 0.05) is 18.6 Å². The molecule has 2 heterocycles. The van der Waals surface area contributed by atoms with E-state index in [-0.39, 0.29) is 12.7 Å². The molecular formula is C17H14N3O3+. The van der Waals surface area contributed by atoms with Gasteiger partial charge in [-0.3, -0.25) is 4.79 Å². The molecule has 0 aliphatic carbocycles. The van der Waals surface area contributed by atoms with Gasteiger partial charge in [-0.05, 0) is 23.2 Å². The topological polar surface area (TPSA) is 64.3 Å². The lowest BCUT2D eigenvalue weighted by Gasteiger charge is -2.05. The fourth-order valence-electron chi connectivity index (χ4n) is 2.48. The predicted octanol–water partition coefficient (Wildman–Crippen LogP) is 1.94. The maximum absolute atomic E-state index is 12.3. The number of nitrogens with one attached hydrogen (secondary N) is 1. The highest BCUT2D eigenvalue weighted by atomic mass is 16.7. The molecule has 1 amide bonds. The lowest BCUT2D eigenvalue weighted by Crippen LogP contribution is -2.51. The lowest BCUT2D eigenvalue weighted by molar-refractivity contribution is -0.649. The van der Waals surface area contributed by atoms with Crippen molar-refractivity contribution in [2.45, 2.75) is 6.92 Å². The molecule has 2 aromatic carbocycles. The highest BCUT2D eigenvalue weighted by Crippen LogP contribution is 2.34. The predicted molar refractivity (Wildman–Crippen MR) is 82.9 cm³/mol. The van der Waals surface area contributed by atoms with E-state index < -0.39 is 0 Å². The van der Waals surface area contributed by atoms with E-state index in [2.05, 4.69) is 10.4 Å². The minimum atomic E-state index is -0.194. The molecule has 23 heavy (non-hydrogen) atoms. The summed E-state index contributed by atoms with van der Waals surface area (Å²) in [5.41, 5.74) is 4.21. The number of nitrogens with zero attached hydrogens (tertiary/aromatic N) is 2. The van der Waals surface area contributed by atoms with E-state index in [4.69, 9.17) is 9.47 Å². The van der Waals surface area contributed by atoms with E-state index in [1.807, 2.05) is 43.5 Å². The molecule has 0 radical (unpaired) electrons. The number of aryl methyl sites for hydroxylation is 1. The Balaban J connectivity index is 1.71. The molecule has 0 fully saturated rings. The number of benzene rings is 2. The molecule has 1 N–H and O–H groups in total. The molecule has 0 saturated carbocycles. The van der Waals surface area contributed by atoms with Crippen LogP contribution in [0.5, 0.6) is 11.5 Å². The average Bonchev–Trinajstić information content (AvgIpc) is 3.01. The van der Waals surface area contributed by atoms with Crippen molar-refractivity contribution in [1.29, 1.82) is 0 Å². The van der Waals surface area contributed by atoms with Crippen LogP contribution in [0.25, 0.3) is 10.9 Å². The van der Waals surface area contributed by atoms with Gasteiger partial charge in [-0.1, -0.05) is 18.2 Å². The Bertz CT molecular complexity index is 910. The van der Waals surface area contributed by atoms with Crippen molar-refractivity contribution in [3.05, 3.63) is 60.0 Å². The SMILES string of the molecule is Cc1nc2cc3c(cc2c[n+]1NC(=O)c1ccccc1)OCO3. The van der Waals surface area contributed by atoms with Gasteiger partial charge in [-0.2, -0.15) is 5.43 Å². The summed E-state index contributed by atoms with van der Waals surface area (Å²) in [6, 6.07) is 12.7. The first-order valence-corrected chi connectivity index (χ1v) is 7.20. The number of carbonyl (C=O) groups excluding carboxylic acids is 1. The van der Waals surface area contributed by atoms with Crippen molar-refractivity contribution < 1.29 is 18.9 Å². The summed E-state index contributed by atoms with van der Waals surface area (Å²) in [4.78, 5) is 16.8. The molecule has 0 unspecified atom stereocenters. The highest BCUT2D eigenvalue weighted by Gasteiger charge is 2.20. The van der Waals surface area contributed by atoms with E-state index in [1.165, 1.54) is 0 Å². The number of hydrogen-bond donors (Lipinski definition) is 1. The monoisotopic (exact) mass is 308 g/mol. The second-order valence-corrected chi connectivity index (χ2v) is 5.23. The van der Waals surface area contributed by atoms with Gasteiger partial charge in [0.2, 0.25) is 6.79 Å². The highest BCUT2D eigenvalue weighted by molar-refractivity contribution is 5.98. The molecular weight excluding hydrogens is 294 g/mol. The first-order chi connectivity index (χ1) is 11.2. The summed E-state index contributed by atoms with van der Waals surface area (Å²) in [5, 5.41) is 0.855. The summed E-state index contributed by atoms with van der Waals surface area (Å²) in [6.45, 7) is 2.05. The average molecular weight is 308 g/mol. The number of rotatable bonds is 2. The van der Waals surface area contributed by atoms with Gasteiger partial charge in [-0.25, -0.2) is 0 Å². The summed E-state index contributed by atoms with van der Waals surface area (Å²) in [7, 11) is 0. The summed E-state index contributed by atoms with van der Waals surface area (Å²) < 4.78 is 12.4. The number of fused-ring (bicyclic) bond motifs is 2. The van der Waals surface area contributed by atoms with E-state index in [1.54, 1.807) is 16.8 Å². The van der Waals surface area contributed by atoms with Crippen LogP contribution in [0.4, 0.5) is 0 Å². The molecule has 1 aromatic heterocycles. The lowest BCUT2D eigenvalue weighted by atomic mass is 10.2. The van der Waals surface area contributed by atoms with E-state index in [0.717, 1.165) is 10.9 Å². The maximum atomic E-state index is 12.3. The van der Waals surface area contributed by atoms with E-state index in [0.29, 0.717) is 22.9 Å². The van der Waals surface area contributed by atoms with Crippen LogP contribution in [0.15, 0.2) is 48.7 Å². The zero-order valence-corrected chi connectivity index (χ0v) is 12.4. The Morgan fingerprint density at radius 2 is 1.91 bits per heavy atom. The third-order valence-electron chi connectivity index (χ3n) is 3.68. The second-order valence-electron chi connectivity index (χ2n) is 5.23. The summed E-state index contributed by atoms with van der Waals surface area (Å²) in [5.74, 6) is 1.85. The molecule has 0 bridgehead atoms. The number of carbonyl (C=O) groups is 1. The van der Waals surface area contributed by atoms with Crippen LogP contribution < -0.4 is 19.6 Å². The second kappa shape index (κ2) is 5.24. The third-order valence-corrected chi connectivity index (χ3v) is 3.68. The maximum Gasteiger partial charge on any atom is 0.319 e. The Kier molecular flexibility index (Phi) is 3.08. The van der Waals surface area contributed by atoms with Gasteiger partial charge in [0.25, 0.3) is 5.91 Å². The van der Waals surface area contributed by atoms with Gasteiger partial charge in [0.1, 0.15) is 6.20 Å². The fourth-order valence-corrected chi connectivity index (χ4v) is 2.48. The largest absolute Gasteiger partial charge is 0.454 e. The number of ether oxygens (including phenoxy) is 2. The Morgan fingerprint density at radius 1 is 1.17 bits per heavy atom. The summed E-state index contributed by atoms with van der Waals surface area (Å²) >= 11 is 0. The van der Waals surface area contributed by atoms with Gasteiger partial charge in [0.05, 0.1) is 5.39 Å². The number of hydrogen-bond acceptors (Lipinski definition) is 4. The van der Waals surface area contributed by atoms with Crippen LogP contribution in [0.2, 0.25) is 0 Å². The van der Waals surface area contributed by atoms with Crippen molar-refractivity contribution in [3.63, 3.8) is 0 Å². The van der Waals surface area contributed by atoms with Crippen LogP contribution in [-0.4, -0.2) is 17.7 Å². The molecule has 114 valence electrons. The van der Waals surface area contributed by atoms with E-state index in [9.17, 15) is 4.79 Å². The van der Waals surface area contributed by atoms with Gasteiger partial charge in [0.15, 0.2) is 17.0 Å². The van der Waals surface area contributed by atoms with Crippen LogP contribution >= 0.6 is 0 Å². The molecule has 6 nitrogen and oxygen atoms in total. The minimum Gasteiger partial charge on any atom is -0.454 e. The van der Waals surface area contributed by atoms with Crippen LogP contribution in [0.1, 0.15) is 16.2 Å². The summed E-state index contributed by atoms with van der Waals surface area (Å²) in [6.07, 6.45) is 1.82. The quantitative estimate of drug-likeness (QED) is 0.735. The molecule has 1 aliphatic rings. The normalized spacial score (nSPS) is 12.4. The van der Waals surface area contributed by atoms with Crippen LogP contribution in [0.3, 0.4) is 0 Å². The molecule has 4 rings (SSSR count). The first-order valence-electron chi connectivity index (χ1n) is 7.20. The number of amides is 1. The van der Waals surface area contributed by atoms with Gasteiger partial charge < -0.3 is 9.47 Å². The zero-order chi connectivity index (χ0) is 15.8. The van der Waals surface area contributed by atoms with Crippen LogP contribution in [-0.2, 0) is 0 Å². The number of aromatic nitrogens is 2. The molecule has 6 heteroatoms. The zero-order valence-electron chi connectivity index (χ0n) is 12.4.